The normalized spacial score (nSPS) is 11.9. The number of nitrogens with zero attached hydrogens (tertiary/aromatic N) is 4. The number of halogens is 2. The summed E-state index contributed by atoms with van der Waals surface area (Å²) in [5.74, 6) is -0.931. The van der Waals surface area contributed by atoms with Crippen molar-refractivity contribution in [3.63, 3.8) is 0 Å². The fraction of sp³-hybridized carbons (Fsp3) is 0.100. The number of tetrazole rings is 1. The van der Waals surface area contributed by atoms with E-state index in [-0.39, 0.29) is 17.5 Å². The Kier molecular flexibility index (Phi) is 6.15. The molecule has 2 aromatic heterocycles. The summed E-state index contributed by atoms with van der Waals surface area (Å²) in [6.07, 6.45) is 0. The first-order valence-electron chi connectivity index (χ1n) is 8.85. The molecule has 0 saturated heterocycles. The van der Waals surface area contributed by atoms with Crippen LogP contribution in [-0.4, -0.2) is 31.9 Å². The third-order valence-corrected chi connectivity index (χ3v) is 6.02. The van der Waals surface area contributed by atoms with E-state index in [4.69, 9.17) is 0 Å². The van der Waals surface area contributed by atoms with Gasteiger partial charge in [-0.3, -0.25) is 4.79 Å². The van der Waals surface area contributed by atoms with Crippen LogP contribution in [0.15, 0.2) is 71.2 Å². The van der Waals surface area contributed by atoms with E-state index in [1.165, 1.54) is 40.3 Å². The minimum absolute atomic E-state index is 0.0543. The summed E-state index contributed by atoms with van der Waals surface area (Å²) < 4.78 is 28.2. The van der Waals surface area contributed by atoms with Crippen molar-refractivity contribution < 1.29 is 13.6 Å². The van der Waals surface area contributed by atoms with E-state index in [0.717, 1.165) is 22.2 Å². The molecule has 0 radical (unpaired) electrons. The molecule has 0 fully saturated rings. The van der Waals surface area contributed by atoms with Crippen LogP contribution < -0.4 is 5.32 Å². The summed E-state index contributed by atoms with van der Waals surface area (Å²) in [6, 6.07) is 15.3. The topological polar surface area (TPSA) is 72.7 Å². The van der Waals surface area contributed by atoms with Gasteiger partial charge in [0.1, 0.15) is 11.6 Å². The number of hydrogen-bond donors (Lipinski definition) is 1. The number of aromatic nitrogens is 4. The molecule has 6 nitrogen and oxygen atoms in total. The Hall–Kier alpha value is -3.11. The second kappa shape index (κ2) is 9.14. The zero-order valence-electron chi connectivity index (χ0n) is 15.4. The monoisotopic (exact) mass is 443 g/mol. The lowest BCUT2D eigenvalue weighted by atomic mass is 10.1. The number of amides is 1. The molecular formula is C20H15F2N5OS2. The Morgan fingerprint density at radius 2 is 1.93 bits per heavy atom. The van der Waals surface area contributed by atoms with Gasteiger partial charge in [0.15, 0.2) is 0 Å². The van der Waals surface area contributed by atoms with Gasteiger partial charge < -0.3 is 5.32 Å². The van der Waals surface area contributed by atoms with Crippen molar-refractivity contribution in [2.45, 2.75) is 11.2 Å². The minimum atomic E-state index is -0.408. The van der Waals surface area contributed by atoms with Crippen LogP contribution in [0.25, 0.3) is 5.69 Å². The SMILES string of the molecule is O=C(CSc1nnnn1-c1cccc(F)c1)NC(c1ccc(F)cc1)c1cccs1. The first kappa shape index (κ1) is 20.2. The molecule has 0 bridgehead atoms. The Morgan fingerprint density at radius 3 is 2.67 bits per heavy atom. The highest BCUT2D eigenvalue weighted by atomic mass is 32.2. The summed E-state index contributed by atoms with van der Waals surface area (Å²) in [7, 11) is 0. The highest BCUT2D eigenvalue weighted by molar-refractivity contribution is 7.99. The molecule has 0 saturated carbocycles. The van der Waals surface area contributed by atoms with Gasteiger partial charge in [0.25, 0.3) is 0 Å². The van der Waals surface area contributed by atoms with Crippen LogP contribution in [0.4, 0.5) is 8.78 Å². The van der Waals surface area contributed by atoms with Crippen LogP contribution in [0.2, 0.25) is 0 Å². The van der Waals surface area contributed by atoms with Crippen molar-refractivity contribution in [3.8, 4) is 5.69 Å². The molecule has 2 heterocycles. The van der Waals surface area contributed by atoms with Crippen molar-refractivity contribution in [2.24, 2.45) is 0 Å². The molecule has 4 aromatic rings. The largest absolute Gasteiger partial charge is 0.344 e. The molecule has 30 heavy (non-hydrogen) atoms. The highest BCUT2D eigenvalue weighted by Crippen LogP contribution is 2.27. The molecule has 0 aliphatic heterocycles. The Balaban J connectivity index is 1.46. The molecule has 1 N–H and O–H groups in total. The fourth-order valence-electron chi connectivity index (χ4n) is 2.80. The average Bonchev–Trinajstić information content (AvgIpc) is 3.43. The first-order chi connectivity index (χ1) is 14.6. The molecular weight excluding hydrogens is 428 g/mol. The number of carbonyl (C=O) groups is 1. The quantitative estimate of drug-likeness (QED) is 0.437. The molecule has 0 aliphatic rings. The fourth-order valence-corrected chi connectivity index (χ4v) is 4.31. The summed E-state index contributed by atoms with van der Waals surface area (Å²) in [5.41, 5.74) is 1.24. The molecule has 2 aromatic carbocycles. The van der Waals surface area contributed by atoms with E-state index in [2.05, 4.69) is 20.8 Å². The van der Waals surface area contributed by atoms with Crippen molar-refractivity contribution in [3.05, 3.63) is 88.1 Å². The standard InChI is InChI=1S/C20H15F2N5OS2/c21-14-8-6-13(7-9-14)19(17-5-2-10-29-17)23-18(28)12-30-20-24-25-26-27(20)16-4-1-3-15(22)11-16/h1-11,19H,12H2,(H,23,28). The van der Waals surface area contributed by atoms with E-state index in [1.54, 1.807) is 24.3 Å². The molecule has 4 rings (SSSR count). The molecule has 0 aliphatic carbocycles. The predicted octanol–water partition coefficient (Wildman–Crippen LogP) is 4.00. The minimum Gasteiger partial charge on any atom is -0.344 e. The van der Waals surface area contributed by atoms with Gasteiger partial charge in [-0.25, -0.2) is 8.78 Å². The van der Waals surface area contributed by atoms with E-state index in [1.807, 2.05) is 17.5 Å². The molecule has 1 unspecified atom stereocenters. The molecule has 1 atom stereocenters. The van der Waals surface area contributed by atoms with Crippen LogP contribution in [0, 0.1) is 11.6 Å². The second-order valence-electron chi connectivity index (χ2n) is 6.21. The zero-order valence-corrected chi connectivity index (χ0v) is 17.0. The lowest BCUT2D eigenvalue weighted by Crippen LogP contribution is -2.30. The van der Waals surface area contributed by atoms with E-state index < -0.39 is 11.9 Å². The Labute approximate surface area is 178 Å². The van der Waals surface area contributed by atoms with Crippen molar-refractivity contribution >= 4 is 29.0 Å². The van der Waals surface area contributed by atoms with Gasteiger partial charge in [0.2, 0.25) is 11.1 Å². The number of benzene rings is 2. The first-order valence-corrected chi connectivity index (χ1v) is 10.7. The zero-order chi connectivity index (χ0) is 20.9. The van der Waals surface area contributed by atoms with Crippen LogP contribution in [-0.2, 0) is 4.79 Å². The number of thiophene rings is 1. The summed E-state index contributed by atoms with van der Waals surface area (Å²) in [5, 5.41) is 16.7. The van der Waals surface area contributed by atoms with Gasteiger partial charge in [-0.2, -0.15) is 4.68 Å². The van der Waals surface area contributed by atoms with Gasteiger partial charge >= 0.3 is 0 Å². The maximum atomic E-state index is 13.5. The third kappa shape index (κ3) is 4.71. The van der Waals surface area contributed by atoms with Gasteiger partial charge in [-0.05, 0) is 57.8 Å². The number of carbonyl (C=O) groups excluding carboxylic acids is 1. The van der Waals surface area contributed by atoms with E-state index in [0.29, 0.717) is 10.8 Å². The Bertz CT molecular complexity index is 1130. The lowest BCUT2D eigenvalue weighted by Gasteiger charge is -2.18. The maximum absolute atomic E-state index is 13.5. The van der Waals surface area contributed by atoms with E-state index in [9.17, 15) is 13.6 Å². The van der Waals surface area contributed by atoms with Gasteiger partial charge in [-0.15, -0.1) is 16.4 Å². The molecule has 1 amide bonds. The molecule has 10 heteroatoms. The lowest BCUT2D eigenvalue weighted by molar-refractivity contribution is -0.119. The average molecular weight is 444 g/mol. The van der Waals surface area contributed by atoms with Gasteiger partial charge in [0, 0.05) is 4.88 Å². The molecule has 0 spiro atoms. The molecule has 152 valence electrons. The number of thioether (sulfide) groups is 1. The van der Waals surface area contributed by atoms with Crippen molar-refractivity contribution in [2.75, 3.05) is 5.75 Å². The third-order valence-electron chi connectivity index (χ3n) is 4.16. The Morgan fingerprint density at radius 1 is 1.10 bits per heavy atom. The van der Waals surface area contributed by atoms with Gasteiger partial charge in [-0.1, -0.05) is 36.0 Å². The van der Waals surface area contributed by atoms with E-state index >= 15 is 0 Å². The maximum Gasteiger partial charge on any atom is 0.231 e. The summed E-state index contributed by atoms with van der Waals surface area (Å²) in [6.45, 7) is 0. The second-order valence-corrected chi connectivity index (χ2v) is 8.13. The van der Waals surface area contributed by atoms with Crippen LogP contribution in [0.5, 0.6) is 0 Å². The number of hydrogen-bond acceptors (Lipinski definition) is 6. The van der Waals surface area contributed by atoms with Gasteiger partial charge in [0.05, 0.1) is 17.5 Å². The predicted molar refractivity (Wildman–Crippen MR) is 111 cm³/mol. The van der Waals surface area contributed by atoms with Crippen molar-refractivity contribution in [1.82, 2.24) is 25.5 Å². The number of nitrogens with one attached hydrogen (secondary N) is 1. The van der Waals surface area contributed by atoms with Crippen LogP contribution in [0.1, 0.15) is 16.5 Å². The van der Waals surface area contributed by atoms with Crippen LogP contribution >= 0.6 is 23.1 Å². The summed E-state index contributed by atoms with van der Waals surface area (Å²) in [4.78, 5) is 13.6. The smallest absolute Gasteiger partial charge is 0.231 e. The summed E-state index contributed by atoms with van der Waals surface area (Å²) >= 11 is 2.64. The highest BCUT2D eigenvalue weighted by Gasteiger charge is 2.19. The number of rotatable bonds is 7. The van der Waals surface area contributed by atoms with Crippen molar-refractivity contribution in [1.29, 1.82) is 0 Å². The van der Waals surface area contributed by atoms with Crippen LogP contribution in [0.3, 0.4) is 0 Å².